The van der Waals surface area contributed by atoms with Gasteiger partial charge in [0.25, 0.3) is 0 Å². The largest absolute Gasteiger partial charge is 0.456 e. The van der Waals surface area contributed by atoms with Gasteiger partial charge in [-0.25, -0.2) is 0 Å². The molecule has 270 valence electrons. The molecular weight excluding hydrogens is 691 g/mol. The molecule has 0 bridgehead atoms. The molecule has 0 amide bonds. The summed E-state index contributed by atoms with van der Waals surface area (Å²) in [6.45, 7) is 4.70. The van der Waals surface area contributed by atoms with Gasteiger partial charge in [0.15, 0.2) is 0 Å². The number of hydrogen-bond donors (Lipinski definition) is 0. The molecule has 0 saturated carbocycles. The van der Waals surface area contributed by atoms with Gasteiger partial charge in [0.2, 0.25) is 0 Å². The van der Waals surface area contributed by atoms with Crippen molar-refractivity contribution in [3.63, 3.8) is 0 Å². The van der Waals surface area contributed by atoms with Crippen LogP contribution in [0, 0.1) is 0 Å². The lowest BCUT2D eigenvalue weighted by Gasteiger charge is -2.28. The Bertz CT molecular complexity index is 3130. The highest BCUT2D eigenvalue weighted by Crippen LogP contribution is 2.51. The van der Waals surface area contributed by atoms with E-state index in [0.717, 1.165) is 44.6 Å². The Kier molecular flexibility index (Phi) is 7.55. The molecule has 0 unspecified atom stereocenters. The lowest BCUT2D eigenvalue weighted by atomic mass is 9.82. The van der Waals surface area contributed by atoms with Crippen LogP contribution in [-0.2, 0) is 5.41 Å². The highest BCUT2D eigenvalue weighted by atomic mass is 16.3. The topological polar surface area (TPSA) is 16.4 Å². The average Bonchev–Trinajstić information content (AvgIpc) is 3.76. The van der Waals surface area contributed by atoms with Crippen LogP contribution < -0.4 is 4.90 Å². The maximum Gasteiger partial charge on any atom is 0.136 e. The Morgan fingerprint density at radius 2 is 0.877 bits per heavy atom. The molecule has 57 heavy (non-hydrogen) atoms. The molecule has 0 atom stereocenters. The quantitative estimate of drug-likeness (QED) is 0.169. The summed E-state index contributed by atoms with van der Waals surface area (Å²) in [5, 5.41) is 4.82. The van der Waals surface area contributed by atoms with Crippen LogP contribution in [-0.4, -0.2) is 0 Å². The molecular formula is C55H39NO. The second kappa shape index (κ2) is 13.0. The minimum Gasteiger partial charge on any atom is -0.456 e. The Hall–Kier alpha value is -7.16. The Labute approximate surface area is 332 Å². The Morgan fingerprint density at radius 1 is 0.368 bits per heavy atom. The number of hydrogen-bond acceptors (Lipinski definition) is 2. The zero-order valence-electron chi connectivity index (χ0n) is 31.9. The van der Waals surface area contributed by atoms with Crippen LogP contribution in [0.5, 0.6) is 0 Å². The molecule has 9 aromatic carbocycles. The van der Waals surface area contributed by atoms with Gasteiger partial charge in [0.1, 0.15) is 11.2 Å². The average molecular weight is 730 g/mol. The molecule has 10 aromatic rings. The first kappa shape index (κ1) is 33.2. The van der Waals surface area contributed by atoms with Crippen molar-refractivity contribution in [2.45, 2.75) is 19.3 Å². The van der Waals surface area contributed by atoms with Crippen molar-refractivity contribution in [3.8, 4) is 44.5 Å². The first-order chi connectivity index (χ1) is 28.0. The molecule has 0 N–H and O–H groups in total. The van der Waals surface area contributed by atoms with Gasteiger partial charge in [-0.15, -0.1) is 0 Å². The summed E-state index contributed by atoms with van der Waals surface area (Å²) >= 11 is 0. The normalized spacial score (nSPS) is 12.9. The highest BCUT2D eigenvalue weighted by molar-refractivity contribution is 6.12. The third-order valence-corrected chi connectivity index (χ3v) is 12.1. The van der Waals surface area contributed by atoms with Gasteiger partial charge in [-0.2, -0.15) is 0 Å². The summed E-state index contributed by atoms with van der Waals surface area (Å²) in [6, 6.07) is 72.6. The van der Waals surface area contributed by atoms with E-state index in [1.54, 1.807) is 0 Å². The first-order valence-electron chi connectivity index (χ1n) is 19.8. The van der Waals surface area contributed by atoms with Gasteiger partial charge < -0.3 is 9.32 Å². The number of para-hydroxylation sites is 1. The minimum atomic E-state index is -0.106. The third kappa shape index (κ3) is 5.40. The molecule has 0 fully saturated rings. The van der Waals surface area contributed by atoms with Gasteiger partial charge in [0.05, 0.1) is 0 Å². The molecule has 1 aromatic heterocycles. The molecule has 1 aliphatic carbocycles. The number of anilines is 3. The zero-order valence-corrected chi connectivity index (χ0v) is 31.9. The Morgan fingerprint density at radius 3 is 1.67 bits per heavy atom. The van der Waals surface area contributed by atoms with E-state index < -0.39 is 0 Å². The second-order valence-corrected chi connectivity index (χ2v) is 15.7. The number of furan rings is 1. The molecule has 1 heterocycles. The van der Waals surface area contributed by atoms with Crippen molar-refractivity contribution in [1.29, 1.82) is 0 Å². The van der Waals surface area contributed by atoms with Crippen LogP contribution in [0.2, 0.25) is 0 Å². The summed E-state index contributed by atoms with van der Waals surface area (Å²) in [5.74, 6) is 0. The lowest BCUT2D eigenvalue weighted by molar-refractivity contribution is 0.660. The fourth-order valence-corrected chi connectivity index (χ4v) is 9.21. The summed E-state index contributed by atoms with van der Waals surface area (Å²) < 4.78 is 6.24. The molecule has 0 spiro atoms. The van der Waals surface area contributed by atoms with Gasteiger partial charge in [-0.05, 0) is 115 Å². The van der Waals surface area contributed by atoms with Crippen LogP contribution in [0.3, 0.4) is 0 Å². The van der Waals surface area contributed by atoms with Crippen LogP contribution in [0.25, 0.3) is 77.2 Å². The second-order valence-electron chi connectivity index (χ2n) is 15.7. The maximum absolute atomic E-state index is 6.24. The number of rotatable bonds is 6. The Balaban J connectivity index is 0.984. The molecule has 0 aliphatic heterocycles. The maximum atomic E-state index is 6.24. The zero-order chi connectivity index (χ0) is 38.1. The molecule has 0 saturated heterocycles. The van der Waals surface area contributed by atoms with Gasteiger partial charge in [-0.1, -0.05) is 166 Å². The van der Waals surface area contributed by atoms with Crippen LogP contribution in [0.1, 0.15) is 25.0 Å². The summed E-state index contributed by atoms with van der Waals surface area (Å²) in [5.41, 5.74) is 17.6. The summed E-state index contributed by atoms with van der Waals surface area (Å²) in [6.07, 6.45) is 0. The van der Waals surface area contributed by atoms with E-state index in [1.807, 2.05) is 12.1 Å². The predicted molar refractivity (Wildman–Crippen MR) is 240 cm³/mol. The van der Waals surface area contributed by atoms with Gasteiger partial charge in [-0.3, -0.25) is 0 Å². The first-order valence-corrected chi connectivity index (χ1v) is 19.8. The predicted octanol–water partition coefficient (Wildman–Crippen LogP) is 15.5. The van der Waals surface area contributed by atoms with Crippen molar-refractivity contribution in [2.24, 2.45) is 0 Å². The number of benzene rings is 9. The van der Waals surface area contributed by atoms with Gasteiger partial charge in [0, 0.05) is 33.2 Å². The smallest absolute Gasteiger partial charge is 0.136 e. The van der Waals surface area contributed by atoms with E-state index in [9.17, 15) is 0 Å². The lowest BCUT2D eigenvalue weighted by Crippen LogP contribution is -2.16. The summed E-state index contributed by atoms with van der Waals surface area (Å²) in [7, 11) is 0. The molecule has 2 nitrogen and oxygen atoms in total. The SMILES string of the molecule is CC1(C)c2ccccc2-c2ccc(N(c3ccc(-c4ccc(-c5cccc6ccccc56)cc4)cc3)c3ccc(-c4cccc5oc6ccccc6c45)cc3)cc21. The van der Waals surface area contributed by atoms with Crippen molar-refractivity contribution in [2.75, 3.05) is 4.90 Å². The van der Waals surface area contributed by atoms with E-state index >= 15 is 0 Å². The van der Waals surface area contributed by atoms with Crippen molar-refractivity contribution < 1.29 is 4.42 Å². The van der Waals surface area contributed by atoms with E-state index in [-0.39, 0.29) is 5.41 Å². The molecule has 2 heteroatoms. The van der Waals surface area contributed by atoms with Gasteiger partial charge >= 0.3 is 0 Å². The molecule has 0 radical (unpaired) electrons. The van der Waals surface area contributed by atoms with Crippen molar-refractivity contribution in [3.05, 3.63) is 211 Å². The highest BCUT2D eigenvalue weighted by Gasteiger charge is 2.35. The van der Waals surface area contributed by atoms with E-state index in [4.69, 9.17) is 4.42 Å². The van der Waals surface area contributed by atoms with Crippen molar-refractivity contribution in [1.82, 2.24) is 0 Å². The summed E-state index contributed by atoms with van der Waals surface area (Å²) in [4.78, 5) is 2.39. The third-order valence-electron chi connectivity index (χ3n) is 12.1. The minimum absolute atomic E-state index is 0.106. The van der Waals surface area contributed by atoms with Crippen LogP contribution >= 0.6 is 0 Å². The standard InChI is InChI=1S/C55H39NO/c1-55(2)50-18-7-5-14-47(50)48-34-33-43(35-51(48)55)56(42-31-27-40(28-32-42)46-17-10-20-53-54(46)49-15-6-8-19-52(49)57-53)41-29-25-37(26-30-41)36-21-23-39(24-22-36)45-16-9-12-38-11-3-4-13-44(38)45/h3-35H,1-2H3. The fraction of sp³-hybridized carbons (Fsp3) is 0.0545. The van der Waals surface area contributed by atoms with Crippen molar-refractivity contribution >= 4 is 49.8 Å². The number of fused-ring (bicyclic) bond motifs is 7. The molecule has 1 aliphatic rings. The fourth-order valence-electron chi connectivity index (χ4n) is 9.21. The number of nitrogens with zero attached hydrogens (tertiary/aromatic N) is 1. The van der Waals surface area contributed by atoms with E-state index in [0.29, 0.717) is 0 Å². The van der Waals surface area contributed by atoms with E-state index in [1.165, 1.54) is 60.8 Å². The van der Waals surface area contributed by atoms with Crippen LogP contribution in [0.15, 0.2) is 205 Å². The van der Waals surface area contributed by atoms with E-state index in [2.05, 4.69) is 207 Å². The van der Waals surface area contributed by atoms with Crippen LogP contribution in [0.4, 0.5) is 17.1 Å². The monoisotopic (exact) mass is 729 g/mol. The molecule has 11 rings (SSSR count).